The van der Waals surface area contributed by atoms with Crippen molar-refractivity contribution in [2.24, 2.45) is 0 Å². The van der Waals surface area contributed by atoms with Crippen molar-refractivity contribution < 1.29 is 17.9 Å². The third-order valence-electron chi connectivity index (χ3n) is 2.37. The van der Waals surface area contributed by atoms with Gasteiger partial charge in [0.05, 0.1) is 0 Å². The van der Waals surface area contributed by atoms with Gasteiger partial charge in [0, 0.05) is 6.42 Å². The number of hydrogen-bond acceptors (Lipinski definition) is 1. The first-order valence-electron chi connectivity index (χ1n) is 5.33. The zero-order valence-corrected chi connectivity index (χ0v) is 9.37. The Kier molecular flexibility index (Phi) is 3.55. The van der Waals surface area contributed by atoms with E-state index in [2.05, 4.69) is 10.8 Å². The lowest BCUT2D eigenvalue weighted by molar-refractivity contribution is -0.274. The van der Waals surface area contributed by atoms with Gasteiger partial charge in [0.2, 0.25) is 0 Å². The molecule has 1 nitrogen and oxygen atoms in total. The van der Waals surface area contributed by atoms with Crippen molar-refractivity contribution in [1.29, 1.82) is 0 Å². The Bertz CT molecular complexity index is 506. The summed E-state index contributed by atoms with van der Waals surface area (Å²) in [5, 5.41) is 0. The number of rotatable bonds is 3. The van der Waals surface area contributed by atoms with Crippen LogP contribution in [-0.2, 0) is 6.42 Å². The molecular formula is C14H10F3O. The van der Waals surface area contributed by atoms with Crippen LogP contribution in [-0.4, -0.2) is 6.36 Å². The summed E-state index contributed by atoms with van der Waals surface area (Å²) < 4.78 is 40.6. The van der Waals surface area contributed by atoms with Gasteiger partial charge in [-0.1, -0.05) is 42.5 Å². The molecule has 1 radical (unpaired) electrons. The van der Waals surface area contributed by atoms with E-state index in [1.165, 1.54) is 6.07 Å². The van der Waals surface area contributed by atoms with Crippen LogP contribution >= 0.6 is 0 Å². The maximum atomic E-state index is 12.2. The van der Waals surface area contributed by atoms with Gasteiger partial charge in [0.1, 0.15) is 5.75 Å². The molecule has 0 N–H and O–H groups in total. The molecule has 0 saturated carbocycles. The fraction of sp³-hybridized carbons (Fsp3) is 0.143. The topological polar surface area (TPSA) is 9.23 Å². The molecule has 0 unspecified atom stereocenters. The Morgan fingerprint density at radius 1 is 1.06 bits per heavy atom. The van der Waals surface area contributed by atoms with Crippen LogP contribution in [0.3, 0.4) is 0 Å². The highest BCUT2D eigenvalue weighted by Crippen LogP contribution is 2.27. The maximum Gasteiger partial charge on any atom is 0.573 e. The van der Waals surface area contributed by atoms with Crippen molar-refractivity contribution in [3.8, 4) is 5.75 Å². The maximum absolute atomic E-state index is 12.2. The van der Waals surface area contributed by atoms with Gasteiger partial charge in [-0.3, -0.25) is 0 Å². The van der Waals surface area contributed by atoms with E-state index >= 15 is 0 Å². The highest BCUT2D eigenvalue weighted by atomic mass is 19.4. The van der Waals surface area contributed by atoms with Gasteiger partial charge in [-0.05, 0) is 23.3 Å². The highest BCUT2D eigenvalue weighted by molar-refractivity contribution is 5.37. The van der Waals surface area contributed by atoms with Crippen LogP contribution in [0.1, 0.15) is 11.1 Å². The van der Waals surface area contributed by atoms with Crippen molar-refractivity contribution in [1.82, 2.24) is 0 Å². The number of benzene rings is 2. The van der Waals surface area contributed by atoms with E-state index in [0.29, 0.717) is 12.0 Å². The van der Waals surface area contributed by atoms with Gasteiger partial charge >= 0.3 is 6.36 Å². The van der Waals surface area contributed by atoms with Gasteiger partial charge in [0.25, 0.3) is 0 Å². The molecule has 0 spiro atoms. The minimum Gasteiger partial charge on any atom is -0.405 e. The van der Waals surface area contributed by atoms with Crippen LogP contribution < -0.4 is 4.74 Å². The predicted molar refractivity (Wildman–Crippen MR) is 61.2 cm³/mol. The van der Waals surface area contributed by atoms with Crippen molar-refractivity contribution in [3.05, 3.63) is 65.7 Å². The summed E-state index contributed by atoms with van der Waals surface area (Å²) in [6.07, 6.45) is -4.29. The second-order valence-electron chi connectivity index (χ2n) is 3.74. The molecule has 0 atom stereocenters. The summed E-state index contributed by atoms with van der Waals surface area (Å²) in [5.41, 5.74) is 1.41. The van der Waals surface area contributed by atoms with Crippen LogP contribution in [0.5, 0.6) is 5.75 Å². The fourth-order valence-corrected chi connectivity index (χ4v) is 1.63. The molecule has 0 aromatic heterocycles. The summed E-state index contributed by atoms with van der Waals surface area (Å²) in [6.45, 7) is 0. The van der Waals surface area contributed by atoms with Crippen LogP contribution in [0.2, 0.25) is 0 Å². The third-order valence-corrected chi connectivity index (χ3v) is 2.37. The SMILES string of the molecule is FC(F)(F)Oc1c[c]ccc1Cc1ccccc1. The largest absolute Gasteiger partial charge is 0.573 e. The summed E-state index contributed by atoms with van der Waals surface area (Å²) in [7, 11) is 0. The molecule has 4 heteroatoms. The van der Waals surface area contributed by atoms with Gasteiger partial charge < -0.3 is 4.74 Å². The second kappa shape index (κ2) is 5.12. The Labute approximate surface area is 103 Å². The van der Waals surface area contributed by atoms with Crippen LogP contribution in [0.25, 0.3) is 0 Å². The van der Waals surface area contributed by atoms with Crippen LogP contribution in [0.4, 0.5) is 13.2 Å². The quantitative estimate of drug-likeness (QED) is 0.801. The number of hydrogen-bond donors (Lipinski definition) is 0. The lowest BCUT2D eigenvalue weighted by Gasteiger charge is -2.12. The summed E-state index contributed by atoms with van der Waals surface area (Å²) in [4.78, 5) is 0. The van der Waals surface area contributed by atoms with E-state index in [-0.39, 0.29) is 5.75 Å². The van der Waals surface area contributed by atoms with Crippen molar-refractivity contribution in [3.63, 3.8) is 0 Å². The molecule has 0 aliphatic rings. The monoisotopic (exact) mass is 251 g/mol. The third kappa shape index (κ3) is 3.52. The van der Waals surface area contributed by atoms with Crippen LogP contribution in [0.15, 0.2) is 48.5 Å². The van der Waals surface area contributed by atoms with Gasteiger partial charge in [-0.15, -0.1) is 13.2 Å². The normalized spacial score (nSPS) is 11.3. The average molecular weight is 251 g/mol. The van der Waals surface area contributed by atoms with Gasteiger partial charge in [-0.2, -0.15) is 0 Å². The Morgan fingerprint density at radius 3 is 2.44 bits per heavy atom. The lowest BCUT2D eigenvalue weighted by Crippen LogP contribution is -2.18. The molecule has 0 fully saturated rings. The molecule has 2 aromatic rings. The molecule has 0 saturated heterocycles. The van der Waals surface area contributed by atoms with E-state index in [1.54, 1.807) is 12.1 Å². The fourth-order valence-electron chi connectivity index (χ4n) is 1.63. The first-order chi connectivity index (χ1) is 8.54. The minimum absolute atomic E-state index is 0.200. The molecule has 0 aliphatic carbocycles. The second-order valence-corrected chi connectivity index (χ2v) is 3.74. The van der Waals surface area contributed by atoms with E-state index in [0.717, 1.165) is 5.56 Å². The van der Waals surface area contributed by atoms with E-state index < -0.39 is 6.36 Å². The molecule has 2 rings (SSSR count). The Morgan fingerprint density at radius 2 is 1.78 bits per heavy atom. The molecule has 18 heavy (non-hydrogen) atoms. The van der Waals surface area contributed by atoms with E-state index in [4.69, 9.17) is 0 Å². The average Bonchev–Trinajstić information content (AvgIpc) is 2.31. The number of alkyl halides is 3. The molecule has 0 bridgehead atoms. The predicted octanol–water partition coefficient (Wildman–Crippen LogP) is 3.98. The van der Waals surface area contributed by atoms with Crippen molar-refractivity contribution in [2.75, 3.05) is 0 Å². The standard InChI is InChI=1S/C14H10F3O/c15-14(16,17)18-13-9-5-4-8-12(13)10-11-6-2-1-3-7-11/h1-4,6-9H,10H2. The Hall–Kier alpha value is -1.97. The number of halogens is 3. The zero-order valence-electron chi connectivity index (χ0n) is 9.37. The minimum atomic E-state index is -4.68. The van der Waals surface area contributed by atoms with E-state index in [9.17, 15) is 13.2 Å². The molecule has 0 heterocycles. The summed E-state index contributed by atoms with van der Waals surface area (Å²) >= 11 is 0. The Balaban J connectivity index is 2.23. The molecule has 0 amide bonds. The molecular weight excluding hydrogens is 241 g/mol. The first kappa shape index (κ1) is 12.5. The van der Waals surface area contributed by atoms with Crippen molar-refractivity contribution >= 4 is 0 Å². The zero-order chi connectivity index (χ0) is 13.0. The smallest absolute Gasteiger partial charge is 0.405 e. The lowest BCUT2D eigenvalue weighted by atomic mass is 10.0. The summed E-state index contributed by atoms with van der Waals surface area (Å²) in [6, 6.07) is 16.2. The van der Waals surface area contributed by atoms with Crippen molar-refractivity contribution in [2.45, 2.75) is 12.8 Å². The van der Waals surface area contributed by atoms with Gasteiger partial charge in [0.15, 0.2) is 0 Å². The van der Waals surface area contributed by atoms with Gasteiger partial charge in [-0.25, -0.2) is 0 Å². The number of ether oxygens (including phenoxy) is 1. The highest BCUT2D eigenvalue weighted by Gasteiger charge is 2.31. The molecule has 2 aromatic carbocycles. The first-order valence-corrected chi connectivity index (χ1v) is 5.33. The molecule has 93 valence electrons. The summed E-state index contributed by atoms with van der Waals surface area (Å²) in [5.74, 6) is -0.200. The van der Waals surface area contributed by atoms with Crippen LogP contribution in [0, 0.1) is 6.07 Å². The van der Waals surface area contributed by atoms with E-state index in [1.807, 2.05) is 30.3 Å². The molecule has 0 aliphatic heterocycles.